The highest BCUT2D eigenvalue weighted by atomic mass is 19.1. The Labute approximate surface area is 99.8 Å². The molecule has 0 saturated heterocycles. The average molecular weight is 231 g/mol. The van der Waals surface area contributed by atoms with Crippen molar-refractivity contribution in [3.05, 3.63) is 64.7 Å². The summed E-state index contributed by atoms with van der Waals surface area (Å²) >= 11 is 0. The van der Waals surface area contributed by atoms with Crippen molar-refractivity contribution in [3.63, 3.8) is 0 Å². The van der Waals surface area contributed by atoms with E-state index in [0.29, 0.717) is 16.7 Å². The van der Waals surface area contributed by atoms with Crippen LogP contribution in [0.4, 0.5) is 4.39 Å². The van der Waals surface area contributed by atoms with Crippen LogP contribution < -0.4 is 0 Å². The van der Waals surface area contributed by atoms with Gasteiger partial charge in [-0.1, -0.05) is 18.2 Å². The van der Waals surface area contributed by atoms with E-state index < -0.39 is 6.10 Å². The molecule has 0 bridgehead atoms. The second kappa shape index (κ2) is 4.63. The lowest BCUT2D eigenvalue weighted by molar-refractivity contribution is 0.219. The molecule has 88 valence electrons. The van der Waals surface area contributed by atoms with E-state index in [9.17, 15) is 9.50 Å². The minimum atomic E-state index is -0.835. The molecule has 1 heterocycles. The SMILES string of the molecule is Cc1ccc(C(O)c2ccc(C)c(F)c2)cn1. The highest BCUT2D eigenvalue weighted by Crippen LogP contribution is 2.22. The maximum atomic E-state index is 13.4. The minimum absolute atomic E-state index is 0.304. The zero-order valence-corrected chi connectivity index (χ0v) is 9.81. The summed E-state index contributed by atoms with van der Waals surface area (Å²) in [5.74, 6) is -0.304. The Kier molecular flexibility index (Phi) is 3.20. The average Bonchev–Trinajstić information content (AvgIpc) is 2.33. The van der Waals surface area contributed by atoms with Crippen LogP contribution in [-0.2, 0) is 0 Å². The lowest BCUT2D eigenvalue weighted by atomic mass is 10.0. The summed E-state index contributed by atoms with van der Waals surface area (Å²) in [6, 6.07) is 8.37. The quantitative estimate of drug-likeness (QED) is 0.862. The summed E-state index contributed by atoms with van der Waals surface area (Å²) in [5, 5.41) is 10.1. The van der Waals surface area contributed by atoms with Gasteiger partial charge in [0.1, 0.15) is 11.9 Å². The van der Waals surface area contributed by atoms with Crippen LogP contribution in [0.15, 0.2) is 36.5 Å². The Morgan fingerprint density at radius 3 is 2.41 bits per heavy atom. The molecule has 0 amide bonds. The van der Waals surface area contributed by atoms with Gasteiger partial charge in [-0.25, -0.2) is 4.39 Å². The van der Waals surface area contributed by atoms with Gasteiger partial charge in [-0.05, 0) is 37.1 Å². The largest absolute Gasteiger partial charge is 0.384 e. The van der Waals surface area contributed by atoms with Crippen LogP contribution in [0.25, 0.3) is 0 Å². The van der Waals surface area contributed by atoms with Gasteiger partial charge in [0.2, 0.25) is 0 Å². The zero-order chi connectivity index (χ0) is 12.4. The zero-order valence-electron chi connectivity index (χ0n) is 9.81. The second-order valence-corrected chi connectivity index (χ2v) is 4.14. The fourth-order valence-electron chi connectivity index (χ4n) is 1.61. The number of hydrogen-bond acceptors (Lipinski definition) is 2. The number of aliphatic hydroxyl groups excluding tert-OH is 1. The van der Waals surface area contributed by atoms with E-state index in [1.165, 1.54) is 6.07 Å². The molecule has 0 saturated carbocycles. The summed E-state index contributed by atoms with van der Waals surface area (Å²) in [4.78, 5) is 4.11. The number of benzene rings is 1. The topological polar surface area (TPSA) is 33.1 Å². The summed E-state index contributed by atoms with van der Waals surface area (Å²) in [6.45, 7) is 3.57. The van der Waals surface area contributed by atoms with E-state index in [1.54, 1.807) is 31.3 Å². The molecule has 0 aliphatic heterocycles. The van der Waals surface area contributed by atoms with E-state index in [4.69, 9.17) is 0 Å². The third kappa shape index (κ3) is 2.50. The molecule has 1 aromatic heterocycles. The molecule has 0 spiro atoms. The number of hydrogen-bond donors (Lipinski definition) is 1. The van der Waals surface area contributed by atoms with E-state index in [2.05, 4.69) is 4.98 Å². The summed E-state index contributed by atoms with van der Waals surface area (Å²) in [6.07, 6.45) is 0.774. The van der Waals surface area contributed by atoms with E-state index in [1.807, 2.05) is 13.0 Å². The highest BCUT2D eigenvalue weighted by Gasteiger charge is 2.12. The fourth-order valence-corrected chi connectivity index (χ4v) is 1.61. The Morgan fingerprint density at radius 1 is 1.12 bits per heavy atom. The van der Waals surface area contributed by atoms with Gasteiger partial charge in [0.25, 0.3) is 0 Å². The lowest BCUT2D eigenvalue weighted by Crippen LogP contribution is -2.01. The number of aromatic nitrogens is 1. The lowest BCUT2D eigenvalue weighted by Gasteiger charge is -2.12. The Balaban J connectivity index is 2.33. The molecule has 1 atom stereocenters. The van der Waals surface area contributed by atoms with Crippen LogP contribution in [-0.4, -0.2) is 10.1 Å². The normalized spacial score (nSPS) is 12.5. The van der Waals surface area contributed by atoms with Gasteiger partial charge >= 0.3 is 0 Å². The Morgan fingerprint density at radius 2 is 1.82 bits per heavy atom. The third-order valence-corrected chi connectivity index (χ3v) is 2.76. The predicted octanol–water partition coefficient (Wildman–Crippen LogP) is 2.92. The standard InChI is InChI=1S/C14H14FNO/c1-9-3-5-11(7-13(9)15)14(17)12-6-4-10(2)16-8-12/h3-8,14,17H,1-2H3. The van der Waals surface area contributed by atoms with Gasteiger partial charge in [0.15, 0.2) is 0 Å². The number of aliphatic hydroxyl groups is 1. The van der Waals surface area contributed by atoms with Crippen molar-refractivity contribution in [1.82, 2.24) is 4.98 Å². The molecule has 0 radical (unpaired) electrons. The summed E-state index contributed by atoms with van der Waals surface area (Å²) in [7, 11) is 0. The van der Waals surface area contributed by atoms with Crippen molar-refractivity contribution in [2.75, 3.05) is 0 Å². The molecule has 2 rings (SSSR count). The third-order valence-electron chi connectivity index (χ3n) is 2.76. The van der Waals surface area contributed by atoms with E-state index >= 15 is 0 Å². The van der Waals surface area contributed by atoms with E-state index in [-0.39, 0.29) is 5.82 Å². The molecule has 0 fully saturated rings. The molecule has 2 aromatic rings. The molecule has 0 aliphatic rings. The molecule has 3 heteroatoms. The number of nitrogens with zero attached hydrogens (tertiary/aromatic N) is 1. The number of aryl methyl sites for hydroxylation is 2. The van der Waals surface area contributed by atoms with Crippen LogP contribution in [0.5, 0.6) is 0 Å². The van der Waals surface area contributed by atoms with Crippen molar-refractivity contribution in [2.24, 2.45) is 0 Å². The molecule has 2 nitrogen and oxygen atoms in total. The van der Waals surface area contributed by atoms with Crippen molar-refractivity contribution in [1.29, 1.82) is 0 Å². The summed E-state index contributed by atoms with van der Waals surface area (Å²) < 4.78 is 13.4. The van der Waals surface area contributed by atoms with Gasteiger partial charge in [-0.2, -0.15) is 0 Å². The summed E-state index contributed by atoms with van der Waals surface area (Å²) in [5.41, 5.74) is 2.66. The fraction of sp³-hybridized carbons (Fsp3) is 0.214. The van der Waals surface area contributed by atoms with Gasteiger partial charge in [-0.3, -0.25) is 4.98 Å². The predicted molar refractivity (Wildman–Crippen MR) is 64.2 cm³/mol. The van der Waals surface area contributed by atoms with Crippen molar-refractivity contribution in [2.45, 2.75) is 20.0 Å². The highest BCUT2D eigenvalue weighted by molar-refractivity contribution is 5.31. The van der Waals surface area contributed by atoms with Gasteiger partial charge in [0.05, 0.1) is 0 Å². The smallest absolute Gasteiger partial charge is 0.126 e. The van der Waals surface area contributed by atoms with Gasteiger partial charge in [-0.15, -0.1) is 0 Å². The molecule has 1 unspecified atom stereocenters. The van der Waals surface area contributed by atoms with Crippen molar-refractivity contribution < 1.29 is 9.50 Å². The molecule has 0 aliphatic carbocycles. The van der Waals surface area contributed by atoms with Crippen LogP contribution in [0.1, 0.15) is 28.5 Å². The number of halogens is 1. The van der Waals surface area contributed by atoms with E-state index in [0.717, 1.165) is 5.69 Å². The maximum Gasteiger partial charge on any atom is 0.126 e. The first kappa shape index (κ1) is 11.7. The maximum absolute atomic E-state index is 13.4. The first-order valence-electron chi connectivity index (χ1n) is 5.44. The molecular formula is C14H14FNO. The molecule has 17 heavy (non-hydrogen) atoms. The number of rotatable bonds is 2. The Bertz CT molecular complexity index is 522. The van der Waals surface area contributed by atoms with Crippen LogP contribution in [0.3, 0.4) is 0 Å². The Hall–Kier alpha value is -1.74. The monoisotopic (exact) mass is 231 g/mol. The molecule has 1 N–H and O–H groups in total. The van der Waals surface area contributed by atoms with Crippen LogP contribution in [0.2, 0.25) is 0 Å². The van der Waals surface area contributed by atoms with Gasteiger partial charge in [0, 0.05) is 17.5 Å². The van der Waals surface area contributed by atoms with Gasteiger partial charge < -0.3 is 5.11 Å². The van der Waals surface area contributed by atoms with Crippen molar-refractivity contribution in [3.8, 4) is 0 Å². The van der Waals surface area contributed by atoms with Crippen LogP contribution in [0, 0.1) is 19.7 Å². The van der Waals surface area contributed by atoms with Crippen LogP contribution >= 0.6 is 0 Å². The molecular weight excluding hydrogens is 217 g/mol. The first-order valence-corrected chi connectivity index (χ1v) is 5.44. The minimum Gasteiger partial charge on any atom is -0.384 e. The molecule has 1 aromatic carbocycles. The van der Waals surface area contributed by atoms with Crippen molar-refractivity contribution >= 4 is 0 Å². The number of pyridine rings is 1. The first-order chi connectivity index (χ1) is 8.08. The second-order valence-electron chi connectivity index (χ2n) is 4.14.